The van der Waals surface area contributed by atoms with E-state index in [2.05, 4.69) is 67.5 Å². The fourth-order valence-corrected chi connectivity index (χ4v) is 6.29. The molecule has 3 aromatic rings. The number of aromatic nitrogens is 1. The highest BCUT2D eigenvalue weighted by Gasteiger charge is 2.46. The number of nitrogens with one attached hydrogen (secondary N) is 2. The van der Waals surface area contributed by atoms with Gasteiger partial charge in [-0.25, -0.2) is 0 Å². The van der Waals surface area contributed by atoms with E-state index in [1.807, 2.05) is 12.1 Å². The number of fused-ring (bicyclic) bond motifs is 4. The third-order valence-corrected chi connectivity index (χ3v) is 8.70. The molecule has 3 heteroatoms. The maximum atomic E-state index is 6.67. The van der Waals surface area contributed by atoms with E-state index < -0.39 is 0 Å². The van der Waals surface area contributed by atoms with E-state index in [1.165, 1.54) is 59.8 Å². The van der Waals surface area contributed by atoms with E-state index in [0.717, 1.165) is 17.5 Å². The normalized spacial score (nSPS) is 26.8. The van der Waals surface area contributed by atoms with Gasteiger partial charge in [-0.2, -0.15) is 0 Å². The molecule has 2 aliphatic rings. The van der Waals surface area contributed by atoms with Crippen molar-refractivity contribution < 1.29 is 0 Å². The van der Waals surface area contributed by atoms with Crippen LogP contribution < -0.4 is 5.32 Å². The average Bonchev–Trinajstić information content (AvgIpc) is 3.16. The number of H-pyrrole nitrogens is 1. The van der Waals surface area contributed by atoms with Crippen LogP contribution in [-0.2, 0) is 5.54 Å². The van der Waals surface area contributed by atoms with Gasteiger partial charge in [-0.05, 0) is 60.3 Å². The van der Waals surface area contributed by atoms with Crippen molar-refractivity contribution in [3.63, 3.8) is 0 Å². The molecule has 1 fully saturated rings. The zero-order valence-electron chi connectivity index (χ0n) is 18.4. The first-order valence-corrected chi connectivity index (χ1v) is 11.9. The van der Waals surface area contributed by atoms with E-state index in [4.69, 9.17) is 11.6 Å². The van der Waals surface area contributed by atoms with Crippen LogP contribution in [-0.4, -0.2) is 11.5 Å². The van der Waals surface area contributed by atoms with Crippen molar-refractivity contribution in [2.24, 2.45) is 11.3 Å². The topological polar surface area (TPSA) is 27.8 Å². The lowest BCUT2D eigenvalue weighted by Gasteiger charge is -2.48. The summed E-state index contributed by atoms with van der Waals surface area (Å²) in [6.45, 7) is 8.19. The van der Waals surface area contributed by atoms with E-state index in [1.54, 1.807) is 0 Å². The third-order valence-electron chi connectivity index (χ3n) is 8.35. The quantitative estimate of drug-likeness (QED) is 0.454. The Morgan fingerprint density at radius 3 is 2.47 bits per heavy atom. The number of hydrogen-bond donors (Lipinski definition) is 2. The van der Waals surface area contributed by atoms with E-state index >= 15 is 0 Å². The molecule has 158 valence electrons. The number of para-hydroxylation sites is 1. The molecule has 0 amide bonds. The lowest BCUT2D eigenvalue weighted by atomic mass is 9.63. The summed E-state index contributed by atoms with van der Waals surface area (Å²) in [7, 11) is 0. The van der Waals surface area contributed by atoms with Crippen molar-refractivity contribution in [3.8, 4) is 0 Å². The molecule has 2 heterocycles. The Bertz CT molecular complexity index is 1060. The second kappa shape index (κ2) is 7.43. The van der Waals surface area contributed by atoms with Gasteiger partial charge in [0.25, 0.3) is 0 Å². The predicted molar refractivity (Wildman–Crippen MR) is 127 cm³/mol. The molecule has 5 rings (SSSR count). The molecule has 1 aliphatic heterocycles. The molecule has 1 spiro atoms. The molecule has 0 bridgehead atoms. The van der Waals surface area contributed by atoms with E-state index in [0.29, 0.717) is 5.41 Å². The highest BCUT2D eigenvalue weighted by Crippen LogP contribution is 2.51. The smallest absolute Gasteiger partial charge is 0.0590 e. The van der Waals surface area contributed by atoms with Crippen LogP contribution in [0.5, 0.6) is 0 Å². The zero-order valence-corrected chi connectivity index (χ0v) is 19.2. The van der Waals surface area contributed by atoms with Crippen molar-refractivity contribution in [2.75, 3.05) is 6.54 Å². The second-order valence-corrected chi connectivity index (χ2v) is 10.5. The minimum Gasteiger partial charge on any atom is -0.357 e. The van der Waals surface area contributed by atoms with Crippen LogP contribution in [0, 0.1) is 11.3 Å². The molecular formula is C27H33ClN2. The minimum atomic E-state index is 0.0619. The number of rotatable bonds is 3. The lowest BCUT2D eigenvalue weighted by molar-refractivity contribution is 0.0916. The lowest BCUT2D eigenvalue weighted by Crippen LogP contribution is -2.51. The molecule has 2 N–H and O–H groups in total. The molecule has 2 aromatic carbocycles. The monoisotopic (exact) mass is 420 g/mol. The Labute approximate surface area is 185 Å². The van der Waals surface area contributed by atoms with Crippen molar-refractivity contribution >= 4 is 22.5 Å². The van der Waals surface area contributed by atoms with Crippen LogP contribution in [0.3, 0.4) is 0 Å². The highest BCUT2D eigenvalue weighted by atomic mass is 35.5. The summed E-state index contributed by atoms with van der Waals surface area (Å²) in [6, 6.07) is 17.1. The molecule has 1 aromatic heterocycles. The van der Waals surface area contributed by atoms with Gasteiger partial charge < -0.3 is 10.3 Å². The van der Waals surface area contributed by atoms with Crippen molar-refractivity contribution in [1.29, 1.82) is 0 Å². The molecule has 1 atom stereocenters. The summed E-state index contributed by atoms with van der Waals surface area (Å²) in [5.74, 6) is 1.09. The number of hydrogen-bond acceptors (Lipinski definition) is 1. The first kappa shape index (κ1) is 20.2. The molecule has 1 unspecified atom stereocenters. The van der Waals surface area contributed by atoms with Crippen LogP contribution in [0.2, 0.25) is 5.02 Å². The first-order chi connectivity index (χ1) is 14.5. The Kier molecular flexibility index (Phi) is 4.99. The molecule has 0 saturated heterocycles. The van der Waals surface area contributed by atoms with Gasteiger partial charge in [0, 0.05) is 34.1 Å². The number of benzene rings is 2. The third kappa shape index (κ3) is 3.11. The average molecular weight is 421 g/mol. The van der Waals surface area contributed by atoms with E-state index in [-0.39, 0.29) is 11.5 Å². The highest BCUT2D eigenvalue weighted by molar-refractivity contribution is 6.31. The molecule has 30 heavy (non-hydrogen) atoms. The SMILES string of the molecule is CCC(C)(C)C1CCC2(CC1)NCC(c1ccccc1Cl)c1c2[nH]c2ccccc12. The Morgan fingerprint density at radius 1 is 1.03 bits per heavy atom. The fraction of sp³-hybridized carbons (Fsp3) is 0.481. The predicted octanol–water partition coefficient (Wildman–Crippen LogP) is 7.38. The van der Waals surface area contributed by atoms with Crippen molar-refractivity contribution in [3.05, 3.63) is 70.4 Å². The van der Waals surface area contributed by atoms with Crippen molar-refractivity contribution in [1.82, 2.24) is 10.3 Å². The maximum Gasteiger partial charge on any atom is 0.0590 e. The van der Waals surface area contributed by atoms with Crippen LogP contribution in [0.1, 0.15) is 75.6 Å². The van der Waals surface area contributed by atoms with Gasteiger partial charge in [-0.1, -0.05) is 75.2 Å². The zero-order chi connectivity index (χ0) is 20.9. The van der Waals surface area contributed by atoms with Gasteiger partial charge in [-0.3, -0.25) is 0 Å². The largest absolute Gasteiger partial charge is 0.357 e. The standard InChI is InChI=1S/C27H33ClN2/c1-4-26(2,3)18-13-15-27(16-14-18)25-24(20-10-6-8-12-23(20)30-25)21(17-29-27)19-9-5-7-11-22(19)28/h5-12,18,21,29-30H,4,13-17H2,1-3H3. The number of aromatic amines is 1. The van der Waals surface area contributed by atoms with Crippen LogP contribution in [0.4, 0.5) is 0 Å². The Balaban J connectivity index is 1.59. The summed E-state index contributed by atoms with van der Waals surface area (Å²) >= 11 is 6.67. The van der Waals surface area contributed by atoms with Gasteiger partial charge in [0.05, 0.1) is 5.54 Å². The van der Waals surface area contributed by atoms with Gasteiger partial charge >= 0.3 is 0 Å². The maximum absolute atomic E-state index is 6.67. The number of halogens is 1. The summed E-state index contributed by atoms with van der Waals surface area (Å²) in [5.41, 5.74) is 5.84. The Hall–Kier alpha value is -1.77. The summed E-state index contributed by atoms with van der Waals surface area (Å²) in [4.78, 5) is 3.86. The fourth-order valence-electron chi connectivity index (χ4n) is 6.02. The Morgan fingerprint density at radius 2 is 1.73 bits per heavy atom. The van der Waals surface area contributed by atoms with Crippen LogP contribution >= 0.6 is 11.6 Å². The van der Waals surface area contributed by atoms with Gasteiger partial charge in [-0.15, -0.1) is 0 Å². The second-order valence-electron chi connectivity index (χ2n) is 10.1. The van der Waals surface area contributed by atoms with Gasteiger partial charge in [0.15, 0.2) is 0 Å². The van der Waals surface area contributed by atoms with Crippen molar-refractivity contribution in [2.45, 2.75) is 64.3 Å². The van der Waals surface area contributed by atoms with E-state index in [9.17, 15) is 0 Å². The minimum absolute atomic E-state index is 0.0619. The molecular weight excluding hydrogens is 388 g/mol. The summed E-state index contributed by atoms with van der Waals surface area (Å²) in [6.07, 6.45) is 6.25. The van der Waals surface area contributed by atoms with Gasteiger partial charge in [0.2, 0.25) is 0 Å². The summed E-state index contributed by atoms with van der Waals surface area (Å²) in [5, 5.41) is 6.25. The molecule has 0 radical (unpaired) electrons. The van der Waals surface area contributed by atoms with Crippen LogP contribution in [0.25, 0.3) is 10.9 Å². The summed E-state index contributed by atoms with van der Waals surface area (Å²) < 4.78 is 0. The van der Waals surface area contributed by atoms with Gasteiger partial charge in [0.1, 0.15) is 0 Å². The first-order valence-electron chi connectivity index (χ1n) is 11.6. The molecule has 1 saturated carbocycles. The van der Waals surface area contributed by atoms with Crippen LogP contribution in [0.15, 0.2) is 48.5 Å². The molecule has 1 aliphatic carbocycles. The molecule has 2 nitrogen and oxygen atoms in total.